The summed E-state index contributed by atoms with van der Waals surface area (Å²) in [6.07, 6.45) is 0.872. The average Bonchev–Trinajstić information content (AvgIpc) is 2.00. The summed E-state index contributed by atoms with van der Waals surface area (Å²) >= 11 is 10.3. The van der Waals surface area contributed by atoms with Gasteiger partial charge in [-0.1, -0.05) is 23.2 Å². The van der Waals surface area contributed by atoms with Crippen LogP contribution < -0.4 is 0 Å². The minimum atomic E-state index is -3.48. The first-order valence-electron chi connectivity index (χ1n) is 2.45. The van der Waals surface area contributed by atoms with Crippen molar-refractivity contribution in [2.24, 2.45) is 0 Å². The number of phosphoric acid groups is 1. The second kappa shape index (κ2) is 7.65. The van der Waals surface area contributed by atoms with Gasteiger partial charge in [0, 0.05) is 43.8 Å². The second-order valence-electron chi connectivity index (χ2n) is 1.33. The molecule has 8 heteroatoms. The number of hydrogen-bond donors (Lipinski definition) is 0. The van der Waals surface area contributed by atoms with Gasteiger partial charge in [0.1, 0.15) is 10.8 Å². The van der Waals surface area contributed by atoms with Crippen LogP contribution in [0.2, 0.25) is 0 Å². The van der Waals surface area contributed by atoms with Gasteiger partial charge in [0.05, 0.1) is 0 Å². The van der Waals surface area contributed by atoms with Crippen LogP contribution in [-0.2, 0) is 18.1 Å². The molecule has 4 nitrogen and oxygen atoms in total. The molecule has 0 N–H and O–H groups in total. The van der Waals surface area contributed by atoms with Crippen LogP contribution in [0.4, 0.5) is 0 Å². The van der Waals surface area contributed by atoms with E-state index < -0.39 is 7.82 Å². The summed E-state index contributed by atoms with van der Waals surface area (Å²) in [7, 11) is -1.12. The molecule has 0 aromatic heterocycles. The van der Waals surface area contributed by atoms with Crippen molar-refractivity contribution in [1.82, 2.24) is 0 Å². The van der Waals surface area contributed by atoms with E-state index in [9.17, 15) is 4.57 Å². The first-order valence-corrected chi connectivity index (χ1v) is 4.67. The molecule has 1 radical (unpaired) electrons. The summed E-state index contributed by atoms with van der Waals surface area (Å²) in [6, 6.07) is 0. The zero-order valence-electron chi connectivity index (χ0n) is 6.91. The number of halogens is 2. The Kier molecular flexibility index (Phi) is 10.0. The molecule has 0 saturated heterocycles. The van der Waals surface area contributed by atoms with Gasteiger partial charge in [-0.25, -0.2) is 4.57 Å². The van der Waals surface area contributed by atoms with Crippen molar-refractivity contribution in [1.29, 1.82) is 0 Å². The van der Waals surface area contributed by atoms with Gasteiger partial charge >= 0.3 is 7.82 Å². The molecule has 0 heterocycles. The standard InChI is InChI=1S/C4H7Cl2O4P.Na/c1-8-11(7,9-2)10-3-4(5)6;/h3H,1-2H3;. The molecular formula is C4H7Cl2NaO4P. The van der Waals surface area contributed by atoms with Gasteiger partial charge in [0.25, 0.3) is 0 Å². The van der Waals surface area contributed by atoms with Gasteiger partial charge in [-0.2, -0.15) is 0 Å². The normalized spacial score (nSPS) is 10.0. The summed E-state index contributed by atoms with van der Waals surface area (Å²) in [5.41, 5.74) is 0. The predicted octanol–water partition coefficient (Wildman–Crippen LogP) is 2.30. The van der Waals surface area contributed by atoms with E-state index in [4.69, 9.17) is 23.2 Å². The van der Waals surface area contributed by atoms with Crippen LogP contribution in [0.5, 0.6) is 0 Å². The molecule has 0 saturated carbocycles. The Morgan fingerprint density at radius 3 is 2.00 bits per heavy atom. The zero-order valence-corrected chi connectivity index (χ0v) is 11.3. The van der Waals surface area contributed by atoms with E-state index in [0.29, 0.717) is 0 Å². The summed E-state index contributed by atoms with van der Waals surface area (Å²) in [5.74, 6) is 0. The van der Waals surface area contributed by atoms with Crippen LogP contribution in [0.25, 0.3) is 0 Å². The smallest absolute Gasteiger partial charge is 0.409 e. The second-order valence-corrected chi connectivity index (χ2v) is 4.17. The minimum absolute atomic E-state index is 0. The van der Waals surface area contributed by atoms with Crippen molar-refractivity contribution in [2.45, 2.75) is 0 Å². The first kappa shape index (κ1) is 15.7. The van der Waals surface area contributed by atoms with Crippen molar-refractivity contribution in [3.05, 3.63) is 10.8 Å². The first-order chi connectivity index (χ1) is 5.04. The molecule has 0 bridgehead atoms. The molecule has 0 aliphatic rings. The minimum Gasteiger partial charge on any atom is -0.409 e. The van der Waals surface area contributed by atoms with Crippen LogP contribution in [0.1, 0.15) is 0 Å². The summed E-state index contributed by atoms with van der Waals surface area (Å²) < 4.78 is 24.1. The van der Waals surface area contributed by atoms with E-state index >= 15 is 0 Å². The largest absolute Gasteiger partial charge is 0.529 e. The number of rotatable bonds is 4. The maximum atomic E-state index is 11.0. The molecule has 0 atom stereocenters. The van der Waals surface area contributed by atoms with Crippen LogP contribution in [0.15, 0.2) is 10.8 Å². The molecule has 0 rings (SSSR count). The summed E-state index contributed by atoms with van der Waals surface area (Å²) in [5, 5.41) is 0. The molecule has 0 unspecified atom stereocenters. The average molecular weight is 244 g/mol. The van der Waals surface area contributed by atoms with Crippen molar-refractivity contribution < 1.29 is 18.1 Å². The molecule has 0 aromatic carbocycles. The molecule has 0 aliphatic heterocycles. The van der Waals surface area contributed by atoms with Gasteiger partial charge < -0.3 is 4.52 Å². The SMILES string of the molecule is COP(=O)(OC)OC=C(Cl)Cl.[Na]. The third kappa shape index (κ3) is 6.75. The van der Waals surface area contributed by atoms with Crippen LogP contribution in [-0.4, -0.2) is 43.8 Å². The Bertz CT molecular complexity index is 185. The monoisotopic (exact) mass is 243 g/mol. The third-order valence-electron chi connectivity index (χ3n) is 0.718. The fraction of sp³-hybridized carbons (Fsp3) is 0.500. The van der Waals surface area contributed by atoms with Crippen molar-refractivity contribution in [2.75, 3.05) is 14.2 Å². The Morgan fingerprint density at radius 1 is 1.33 bits per heavy atom. The Balaban J connectivity index is 0. The Hall–Kier alpha value is 1.27. The summed E-state index contributed by atoms with van der Waals surface area (Å²) in [6.45, 7) is 0. The molecule has 0 aliphatic carbocycles. The fourth-order valence-corrected chi connectivity index (χ4v) is 1.03. The molecule has 0 aromatic rings. The molecule has 0 spiro atoms. The molecular weight excluding hydrogens is 237 g/mol. The maximum Gasteiger partial charge on any atom is 0.529 e. The van der Waals surface area contributed by atoms with Gasteiger partial charge in [-0.15, -0.1) is 0 Å². The Morgan fingerprint density at radius 2 is 1.75 bits per heavy atom. The predicted molar refractivity (Wildman–Crippen MR) is 48.3 cm³/mol. The van der Waals surface area contributed by atoms with E-state index in [-0.39, 0.29) is 34.0 Å². The maximum absolute atomic E-state index is 11.0. The molecule has 0 fully saturated rings. The summed E-state index contributed by atoms with van der Waals surface area (Å²) in [4.78, 5) is 0. The van der Waals surface area contributed by atoms with Crippen LogP contribution in [0, 0.1) is 0 Å². The van der Waals surface area contributed by atoms with E-state index in [1.807, 2.05) is 0 Å². The van der Waals surface area contributed by atoms with Gasteiger partial charge in [-0.3, -0.25) is 9.05 Å². The van der Waals surface area contributed by atoms with E-state index in [1.54, 1.807) is 0 Å². The van der Waals surface area contributed by atoms with Crippen molar-refractivity contribution >= 4 is 60.6 Å². The van der Waals surface area contributed by atoms with E-state index in [1.165, 1.54) is 14.2 Å². The number of hydrogen-bond acceptors (Lipinski definition) is 4. The van der Waals surface area contributed by atoms with Crippen molar-refractivity contribution in [3.8, 4) is 0 Å². The van der Waals surface area contributed by atoms with Crippen molar-refractivity contribution in [3.63, 3.8) is 0 Å². The number of phosphoric ester groups is 1. The quantitative estimate of drug-likeness (QED) is 0.432. The zero-order chi connectivity index (χ0) is 8.91. The third-order valence-corrected chi connectivity index (χ3v) is 2.15. The molecule has 0 amide bonds. The Labute approximate surface area is 103 Å². The van der Waals surface area contributed by atoms with Crippen LogP contribution in [0.3, 0.4) is 0 Å². The molecule has 67 valence electrons. The topological polar surface area (TPSA) is 44.8 Å². The van der Waals surface area contributed by atoms with E-state index in [0.717, 1.165) is 6.26 Å². The van der Waals surface area contributed by atoms with Gasteiger partial charge in [-0.05, 0) is 0 Å². The van der Waals surface area contributed by atoms with Crippen LogP contribution >= 0.6 is 31.0 Å². The van der Waals surface area contributed by atoms with E-state index in [2.05, 4.69) is 13.6 Å². The fourth-order valence-electron chi connectivity index (χ4n) is 0.265. The van der Waals surface area contributed by atoms with Gasteiger partial charge in [0.2, 0.25) is 0 Å². The molecule has 12 heavy (non-hydrogen) atoms. The van der Waals surface area contributed by atoms with Gasteiger partial charge in [0.15, 0.2) is 0 Å².